The minimum atomic E-state index is -0.214. The summed E-state index contributed by atoms with van der Waals surface area (Å²) in [7, 11) is 0. The number of hydrogen-bond donors (Lipinski definition) is 2. The zero-order valence-corrected chi connectivity index (χ0v) is 9.90. The molecule has 1 aromatic heterocycles. The predicted molar refractivity (Wildman–Crippen MR) is 67.7 cm³/mol. The van der Waals surface area contributed by atoms with Gasteiger partial charge in [-0.15, -0.1) is 0 Å². The molecule has 0 spiro atoms. The van der Waals surface area contributed by atoms with E-state index >= 15 is 0 Å². The lowest BCUT2D eigenvalue weighted by Gasteiger charge is -2.22. The first-order chi connectivity index (χ1) is 8.74. The number of carbonyl (C=O) groups is 1. The molecule has 18 heavy (non-hydrogen) atoms. The lowest BCUT2D eigenvalue weighted by Crippen LogP contribution is -2.24. The molecule has 1 heterocycles. The van der Waals surface area contributed by atoms with Gasteiger partial charge in [-0.1, -0.05) is 24.3 Å². The van der Waals surface area contributed by atoms with Crippen LogP contribution in [0.25, 0.3) is 0 Å². The average Bonchev–Trinajstić information content (AvgIpc) is 2.79. The first-order valence-corrected chi connectivity index (χ1v) is 6.13. The number of benzene rings is 1. The average molecular weight is 242 g/mol. The summed E-state index contributed by atoms with van der Waals surface area (Å²) in [6.45, 7) is 0. The Bertz CT molecular complexity index is 639. The molecule has 0 saturated carbocycles. The second-order valence-corrected chi connectivity index (χ2v) is 4.73. The molecule has 4 heteroatoms. The number of hydrogen-bond acceptors (Lipinski definition) is 2. The summed E-state index contributed by atoms with van der Waals surface area (Å²) in [5.41, 5.74) is 2.57. The molecule has 0 bridgehead atoms. The number of H-pyrrole nitrogens is 2. The van der Waals surface area contributed by atoms with Crippen molar-refractivity contribution >= 4 is 5.78 Å². The molecule has 3 rings (SSSR count). The van der Waals surface area contributed by atoms with Crippen molar-refractivity contribution in [3.05, 3.63) is 57.8 Å². The van der Waals surface area contributed by atoms with E-state index in [2.05, 4.69) is 9.97 Å². The Labute approximate surface area is 104 Å². The van der Waals surface area contributed by atoms with E-state index in [1.807, 2.05) is 24.3 Å². The molecule has 92 valence electrons. The number of fused-ring (bicyclic) bond motifs is 1. The number of imidazole rings is 1. The van der Waals surface area contributed by atoms with Crippen molar-refractivity contribution in [2.75, 3.05) is 0 Å². The van der Waals surface area contributed by atoms with Gasteiger partial charge in [0, 0.05) is 23.4 Å². The van der Waals surface area contributed by atoms with Gasteiger partial charge >= 0.3 is 5.69 Å². The Hall–Kier alpha value is -2.10. The standard InChI is InChI=1S/C14H14N2O2/c17-13-10(7-11-8-15-14(18)16-11)6-5-9-3-1-2-4-12(9)13/h1-4,8,10H,5-7H2,(H2,15,16,18). The molecule has 1 aliphatic rings. The molecule has 4 nitrogen and oxygen atoms in total. The normalized spacial score (nSPS) is 18.7. The largest absolute Gasteiger partial charge is 0.323 e. The van der Waals surface area contributed by atoms with Gasteiger partial charge in [0.05, 0.1) is 0 Å². The van der Waals surface area contributed by atoms with Crippen LogP contribution in [0.5, 0.6) is 0 Å². The van der Waals surface area contributed by atoms with Crippen LogP contribution in [-0.2, 0) is 12.8 Å². The van der Waals surface area contributed by atoms with Gasteiger partial charge in [-0.3, -0.25) is 4.79 Å². The highest BCUT2D eigenvalue weighted by atomic mass is 16.1. The summed E-state index contributed by atoms with van der Waals surface area (Å²) < 4.78 is 0. The monoisotopic (exact) mass is 242 g/mol. The van der Waals surface area contributed by atoms with Crippen LogP contribution in [0.3, 0.4) is 0 Å². The van der Waals surface area contributed by atoms with Crippen molar-refractivity contribution in [2.45, 2.75) is 19.3 Å². The number of rotatable bonds is 2. The summed E-state index contributed by atoms with van der Waals surface area (Å²) in [4.78, 5) is 28.6. The Kier molecular flexibility index (Phi) is 2.63. The lowest BCUT2D eigenvalue weighted by molar-refractivity contribution is 0.0900. The lowest BCUT2D eigenvalue weighted by atomic mass is 9.81. The molecule has 0 radical (unpaired) electrons. The van der Waals surface area contributed by atoms with Crippen molar-refractivity contribution in [3.8, 4) is 0 Å². The molecule has 2 N–H and O–H groups in total. The quantitative estimate of drug-likeness (QED) is 0.841. The molecule has 2 aromatic rings. The Morgan fingerprint density at radius 3 is 2.83 bits per heavy atom. The third kappa shape index (κ3) is 1.90. The van der Waals surface area contributed by atoms with Crippen LogP contribution in [0.15, 0.2) is 35.3 Å². The maximum atomic E-state index is 12.3. The zero-order chi connectivity index (χ0) is 12.5. The highest BCUT2D eigenvalue weighted by molar-refractivity contribution is 6.00. The Balaban J connectivity index is 1.84. The maximum Gasteiger partial charge on any atom is 0.323 e. The molecule has 0 amide bonds. The van der Waals surface area contributed by atoms with E-state index in [9.17, 15) is 9.59 Å². The number of aryl methyl sites for hydroxylation is 1. The van der Waals surface area contributed by atoms with E-state index in [0.717, 1.165) is 29.7 Å². The van der Waals surface area contributed by atoms with Crippen LogP contribution >= 0.6 is 0 Å². The fraction of sp³-hybridized carbons (Fsp3) is 0.286. The molecule has 1 aromatic carbocycles. The summed E-state index contributed by atoms with van der Waals surface area (Å²) in [5.74, 6) is 0.172. The Morgan fingerprint density at radius 2 is 2.06 bits per heavy atom. The van der Waals surface area contributed by atoms with E-state index in [-0.39, 0.29) is 17.4 Å². The van der Waals surface area contributed by atoms with Gasteiger partial charge in [-0.2, -0.15) is 0 Å². The van der Waals surface area contributed by atoms with Gasteiger partial charge in [0.1, 0.15) is 0 Å². The predicted octanol–water partition coefficient (Wildman–Crippen LogP) is 1.69. The fourth-order valence-electron chi connectivity index (χ4n) is 2.60. The van der Waals surface area contributed by atoms with Gasteiger partial charge in [-0.05, 0) is 24.8 Å². The van der Waals surface area contributed by atoms with Crippen LogP contribution < -0.4 is 5.69 Å². The van der Waals surface area contributed by atoms with Crippen molar-refractivity contribution in [2.24, 2.45) is 5.92 Å². The van der Waals surface area contributed by atoms with Gasteiger partial charge in [0.2, 0.25) is 0 Å². The van der Waals surface area contributed by atoms with Crippen LogP contribution in [0.2, 0.25) is 0 Å². The minimum absolute atomic E-state index is 0.0219. The number of carbonyl (C=O) groups excluding carboxylic acids is 1. The van der Waals surface area contributed by atoms with Gasteiger partial charge in [0.25, 0.3) is 0 Å². The summed E-state index contributed by atoms with van der Waals surface area (Å²) in [6, 6.07) is 7.78. The highest BCUT2D eigenvalue weighted by Gasteiger charge is 2.27. The number of nitrogens with one attached hydrogen (secondary N) is 2. The van der Waals surface area contributed by atoms with Crippen LogP contribution in [0.4, 0.5) is 0 Å². The number of ketones is 1. The first-order valence-electron chi connectivity index (χ1n) is 6.13. The third-order valence-electron chi connectivity index (χ3n) is 3.53. The molecule has 1 unspecified atom stereocenters. The van der Waals surface area contributed by atoms with E-state index in [1.165, 1.54) is 0 Å². The van der Waals surface area contributed by atoms with Gasteiger partial charge in [-0.25, -0.2) is 4.79 Å². The number of aromatic amines is 2. The van der Waals surface area contributed by atoms with Crippen LogP contribution in [-0.4, -0.2) is 15.8 Å². The Morgan fingerprint density at radius 1 is 1.22 bits per heavy atom. The van der Waals surface area contributed by atoms with E-state index in [1.54, 1.807) is 6.20 Å². The topological polar surface area (TPSA) is 65.7 Å². The van der Waals surface area contributed by atoms with E-state index in [0.29, 0.717) is 6.42 Å². The zero-order valence-electron chi connectivity index (χ0n) is 9.90. The number of aromatic nitrogens is 2. The summed E-state index contributed by atoms with van der Waals surface area (Å²) >= 11 is 0. The second-order valence-electron chi connectivity index (χ2n) is 4.73. The highest BCUT2D eigenvalue weighted by Crippen LogP contribution is 2.27. The molecule has 0 aliphatic heterocycles. The van der Waals surface area contributed by atoms with Gasteiger partial charge in [0.15, 0.2) is 5.78 Å². The van der Waals surface area contributed by atoms with Gasteiger partial charge < -0.3 is 9.97 Å². The molecular weight excluding hydrogens is 228 g/mol. The SMILES string of the molecule is O=C1c2ccccc2CCC1Cc1c[nH]c(=O)[nH]1. The minimum Gasteiger partial charge on any atom is -0.313 e. The van der Waals surface area contributed by atoms with Crippen molar-refractivity contribution in [1.82, 2.24) is 9.97 Å². The van der Waals surface area contributed by atoms with Crippen molar-refractivity contribution in [3.63, 3.8) is 0 Å². The molecule has 1 aliphatic carbocycles. The first kappa shape index (κ1) is 11.0. The smallest absolute Gasteiger partial charge is 0.313 e. The third-order valence-corrected chi connectivity index (χ3v) is 3.53. The van der Waals surface area contributed by atoms with E-state index in [4.69, 9.17) is 0 Å². The molecule has 1 atom stereocenters. The van der Waals surface area contributed by atoms with Crippen molar-refractivity contribution in [1.29, 1.82) is 0 Å². The summed E-state index contributed by atoms with van der Waals surface area (Å²) in [5, 5.41) is 0. The van der Waals surface area contributed by atoms with Crippen LogP contribution in [0, 0.1) is 5.92 Å². The molecule has 0 saturated heterocycles. The number of Topliss-reactive ketones (excluding diaryl/α,β-unsaturated/α-hetero) is 1. The fourth-order valence-corrected chi connectivity index (χ4v) is 2.60. The van der Waals surface area contributed by atoms with Crippen molar-refractivity contribution < 1.29 is 4.79 Å². The summed E-state index contributed by atoms with van der Waals surface area (Å²) in [6.07, 6.45) is 4.03. The maximum absolute atomic E-state index is 12.3. The second kappa shape index (κ2) is 4.29. The van der Waals surface area contributed by atoms with E-state index < -0.39 is 0 Å². The van der Waals surface area contributed by atoms with Crippen LogP contribution in [0.1, 0.15) is 28.0 Å². The molecule has 0 fully saturated rings. The molecular formula is C14H14N2O2.